The highest BCUT2D eigenvalue weighted by Gasteiger charge is 2.30. The Balaban J connectivity index is 4.77. The molecule has 0 unspecified atom stereocenters. The lowest BCUT2D eigenvalue weighted by Gasteiger charge is -2.22. The lowest BCUT2D eigenvalue weighted by Crippen LogP contribution is -2.08. The van der Waals surface area contributed by atoms with E-state index >= 15 is 0 Å². The summed E-state index contributed by atoms with van der Waals surface area (Å²) in [5.41, 5.74) is 0. The number of hydrogen-bond donors (Lipinski definition) is 0. The van der Waals surface area contributed by atoms with E-state index in [1.165, 1.54) is 0 Å². The third kappa shape index (κ3) is 4.47. The van der Waals surface area contributed by atoms with E-state index in [9.17, 15) is 9.67 Å². The molecule has 0 radical (unpaired) electrons. The Morgan fingerprint density at radius 1 is 1.29 bits per heavy atom. The van der Waals surface area contributed by atoms with Gasteiger partial charge in [0.25, 0.3) is 0 Å². The smallest absolute Gasteiger partial charge is 0.371 e. The fourth-order valence-electron chi connectivity index (χ4n) is 0.745. The lowest BCUT2D eigenvalue weighted by molar-refractivity contribution is -0.275. The molecule has 0 rings (SSSR count). The minimum Gasteiger partial charge on any atom is -0.877 e. The number of rotatable bonds is 5. The monoisotopic (exact) mass is 241 g/mol. The molecular weight excluding hydrogens is 227 g/mol. The van der Waals surface area contributed by atoms with Gasteiger partial charge in [-0.15, -0.1) is 6.26 Å². The molecule has 84 valence electrons. The summed E-state index contributed by atoms with van der Waals surface area (Å²) in [7, 11) is -3.61. The van der Waals surface area contributed by atoms with Gasteiger partial charge in [0.05, 0.1) is 12.2 Å². The molecule has 0 aliphatic carbocycles. The van der Waals surface area contributed by atoms with Gasteiger partial charge in [-0.2, -0.15) is 0 Å². The van der Waals surface area contributed by atoms with Crippen molar-refractivity contribution in [1.82, 2.24) is 0 Å². The summed E-state index contributed by atoms with van der Waals surface area (Å²) in [4.78, 5) is 0. The van der Waals surface area contributed by atoms with Crippen LogP contribution in [-0.4, -0.2) is 12.2 Å². The molecule has 0 heterocycles. The van der Waals surface area contributed by atoms with Gasteiger partial charge in [-0.1, -0.05) is 11.6 Å². The van der Waals surface area contributed by atoms with Crippen LogP contribution in [-0.2, 0) is 13.6 Å². The normalized spacial score (nSPS) is 14.1. The first-order valence-electron chi connectivity index (χ1n) is 4.27. The van der Waals surface area contributed by atoms with Gasteiger partial charge in [-0.05, 0) is 27.7 Å². The zero-order chi connectivity index (χ0) is 11.4. The van der Waals surface area contributed by atoms with Crippen LogP contribution in [0.5, 0.6) is 0 Å². The van der Waals surface area contributed by atoms with Gasteiger partial charge in [0.15, 0.2) is 0 Å². The van der Waals surface area contributed by atoms with Crippen molar-refractivity contribution in [1.29, 1.82) is 0 Å². The molecule has 14 heavy (non-hydrogen) atoms. The van der Waals surface area contributed by atoms with Gasteiger partial charge in [0, 0.05) is 0 Å². The third-order valence-corrected chi connectivity index (χ3v) is 3.80. The van der Waals surface area contributed by atoms with Crippen LogP contribution in [0.1, 0.15) is 27.7 Å². The molecule has 0 aromatic rings. The Morgan fingerprint density at radius 3 is 1.86 bits per heavy atom. The van der Waals surface area contributed by atoms with E-state index in [2.05, 4.69) is 0 Å². The second kappa shape index (κ2) is 5.76. The molecule has 0 spiro atoms. The molecule has 0 saturated carbocycles. The first-order valence-corrected chi connectivity index (χ1v) is 6.19. The standard InChI is InChI=1S/C8H16ClO4P/c1-6(2)12-14(11,8(9)5-10)13-7(3)4/h5-7,10H,1-4H3/p-1/b8-5+. The van der Waals surface area contributed by atoms with Crippen LogP contribution in [0.15, 0.2) is 11.0 Å². The molecule has 0 fully saturated rings. The fraction of sp³-hybridized carbons (Fsp3) is 0.750. The molecular formula is C8H15ClO4P-. The average molecular weight is 242 g/mol. The highest BCUT2D eigenvalue weighted by atomic mass is 35.5. The SMILES string of the molecule is CC(C)OP(=O)(OC(C)C)/C(Cl)=C/[O-]. The summed E-state index contributed by atoms with van der Waals surface area (Å²) in [5.74, 6) is 0. The number of halogens is 1. The van der Waals surface area contributed by atoms with Crippen molar-refractivity contribution in [2.24, 2.45) is 0 Å². The van der Waals surface area contributed by atoms with Gasteiger partial charge >= 0.3 is 7.60 Å². The minimum atomic E-state index is -3.61. The predicted octanol–water partition coefficient (Wildman–Crippen LogP) is 2.43. The van der Waals surface area contributed by atoms with Crippen molar-refractivity contribution < 1.29 is 18.7 Å². The predicted molar refractivity (Wildman–Crippen MR) is 54.0 cm³/mol. The quantitative estimate of drug-likeness (QED) is 0.548. The van der Waals surface area contributed by atoms with Crippen LogP contribution in [0.25, 0.3) is 0 Å². The molecule has 0 saturated heterocycles. The molecule has 0 aliphatic heterocycles. The maximum atomic E-state index is 11.9. The van der Waals surface area contributed by atoms with E-state index in [1.807, 2.05) is 0 Å². The second-order valence-corrected chi connectivity index (χ2v) is 5.82. The first-order chi connectivity index (χ1) is 6.31. The Bertz CT molecular complexity index is 236. The summed E-state index contributed by atoms with van der Waals surface area (Å²) in [6.07, 6.45) is -0.367. The van der Waals surface area contributed by atoms with Gasteiger partial charge in [-0.25, -0.2) is 0 Å². The van der Waals surface area contributed by atoms with Gasteiger partial charge in [0.1, 0.15) is 4.77 Å². The lowest BCUT2D eigenvalue weighted by atomic mass is 10.5. The second-order valence-electron chi connectivity index (χ2n) is 3.25. The van der Waals surface area contributed by atoms with Gasteiger partial charge in [-0.3, -0.25) is 4.57 Å². The summed E-state index contributed by atoms with van der Waals surface area (Å²) in [5, 5.41) is 10.4. The Hall–Kier alpha value is -0.0200. The molecule has 0 aromatic carbocycles. The molecule has 4 nitrogen and oxygen atoms in total. The van der Waals surface area contributed by atoms with Crippen molar-refractivity contribution in [2.45, 2.75) is 39.9 Å². The van der Waals surface area contributed by atoms with E-state index in [0.29, 0.717) is 0 Å². The Labute approximate surface area is 89.4 Å². The minimum absolute atomic E-state index is 0.285. The largest absolute Gasteiger partial charge is 0.877 e. The molecule has 0 atom stereocenters. The average Bonchev–Trinajstić information content (AvgIpc) is 1.99. The van der Waals surface area contributed by atoms with Crippen molar-refractivity contribution in [3.63, 3.8) is 0 Å². The van der Waals surface area contributed by atoms with E-state index in [4.69, 9.17) is 20.6 Å². The first kappa shape index (κ1) is 14.0. The highest BCUT2D eigenvalue weighted by molar-refractivity contribution is 7.61. The van der Waals surface area contributed by atoms with E-state index in [0.717, 1.165) is 0 Å². The van der Waals surface area contributed by atoms with Crippen molar-refractivity contribution in [3.8, 4) is 0 Å². The fourth-order valence-corrected chi connectivity index (χ4v) is 2.47. The third-order valence-electron chi connectivity index (χ3n) is 1.06. The van der Waals surface area contributed by atoms with E-state index in [1.54, 1.807) is 27.7 Å². The number of hydrogen-bond acceptors (Lipinski definition) is 4. The summed E-state index contributed by atoms with van der Waals surface area (Å²) in [6, 6.07) is 0. The maximum absolute atomic E-state index is 11.9. The summed E-state index contributed by atoms with van der Waals surface area (Å²) < 4.78 is 21.6. The molecule has 6 heteroatoms. The van der Waals surface area contributed by atoms with Crippen LogP contribution in [0.4, 0.5) is 0 Å². The van der Waals surface area contributed by atoms with Gasteiger partial charge in [0.2, 0.25) is 0 Å². The van der Waals surface area contributed by atoms with Crippen molar-refractivity contribution >= 4 is 19.2 Å². The summed E-state index contributed by atoms with van der Waals surface area (Å²) in [6.45, 7) is 6.74. The Morgan fingerprint density at radius 2 is 1.64 bits per heavy atom. The van der Waals surface area contributed by atoms with Crippen LogP contribution < -0.4 is 5.11 Å². The van der Waals surface area contributed by atoms with Gasteiger partial charge < -0.3 is 14.2 Å². The zero-order valence-corrected chi connectivity index (χ0v) is 10.3. The molecule has 0 N–H and O–H groups in total. The molecule has 0 bridgehead atoms. The maximum Gasteiger partial charge on any atom is 0.371 e. The molecule has 0 aliphatic rings. The summed E-state index contributed by atoms with van der Waals surface area (Å²) >= 11 is 5.50. The van der Waals surface area contributed by atoms with Crippen LogP contribution in [0.3, 0.4) is 0 Å². The molecule has 0 aromatic heterocycles. The van der Waals surface area contributed by atoms with E-state index < -0.39 is 12.4 Å². The highest BCUT2D eigenvalue weighted by Crippen LogP contribution is 2.59. The van der Waals surface area contributed by atoms with Crippen molar-refractivity contribution in [2.75, 3.05) is 0 Å². The van der Waals surface area contributed by atoms with Crippen LogP contribution in [0.2, 0.25) is 0 Å². The van der Waals surface area contributed by atoms with Crippen LogP contribution in [0, 0.1) is 0 Å². The topological polar surface area (TPSA) is 58.6 Å². The van der Waals surface area contributed by atoms with Crippen molar-refractivity contribution in [3.05, 3.63) is 11.0 Å². The Kier molecular flexibility index (Phi) is 5.75. The molecule has 0 amide bonds. The zero-order valence-electron chi connectivity index (χ0n) is 8.69. The van der Waals surface area contributed by atoms with E-state index in [-0.39, 0.29) is 18.5 Å². The van der Waals surface area contributed by atoms with Crippen LogP contribution >= 0.6 is 19.2 Å².